The molecule has 0 spiro atoms. The lowest BCUT2D eigenvalue weighted by Gasteiger charge is -2.09. The van der Waals surface area contributed by atoms with Crippen molar-refractivity contribution in [1.29, 1.82) is 0 Å². The summed E-state index contributed by atoms with van der Waals surface area (Å²) in [7, 11) is 1.61. The zero-order valence-corrected chi connectivity index (χ0v) is 12.8. The van der Waals surface area contributed by atoms with Gasteiger partial charge in [0.25, 0.3) is 0 Å². The van der Waals surface area contributed by atoms with Crippen molar-refractivity contribution in [3.05, 3.63) is 42.0 Å². The van der Waals surface area contributed by atoms with Gasteiger partial charge in [-0.1, -0.05) is 24.3 Å². The van der Waals surface area contributed by atoms with Crippen molar-refractivity contribution < 1.29 is 14.3 Å². The number of nitrogens with one attached hydrogen (secondary N) is 2. The minimum absolute atomic E-state index is 0.0193. The van der Waals surface area contributed by atoms with Crippen LogP contribution in [0.15, 0.2) is 36.4 Å². The molecule has 1 aromatic carbocycles. The van der Waals surface area contributed by atoms with E-state index in [1.54, 1.807) is 7.11 Å². The Morgan fingerprint density at radius 3 is 2.59 bits per heavy atom. The molecular formula is C17H22N2O3. The van der Waals surface area contributed by atoms with E-state index in [-0.39, 0.29) is 18.4 Å². The summed E-state index contributed by atoms with van der Waals surface area (Å²) in [6, 6.07) is 7.48. The molecule has 0 aliphatic heterocycles. The summed E-state index contributed by atoms with van der Waals surface area (Å²) in [5.74, 6) is 0.841. The van der Waals surface area contributed by atoms with Gasteiger partial charge in [0, 0.05) is 13.0 Å². The standard InChI is InChI=1S/C17H22N2O3/c1-22-15-8-6-14(7-9-15)11-18-17(21)12-19-16(20)10-13-4-2-3-5-13/h2,4,6-9,13H,3,5,10-12H2,1H3,(H,18,21)(H,19,20)/t13-/m0/s1. The lowest BCUT2D eigenvalue weighted by atomic mass is 10.1. The van der Waals surface area contributed by atoms with Gasteiger partial charge in [-0.15, -0.1) is 0 Å². The molecule has 0 heterocycles. The van der Waals surface area contributed by atoms with Crippen LogP contribution in [0.5, 0.6) is 5.75 Å². The summed E-state index contributed by atoms with van der Waals surface area (Å²) < 4.78 is 5.07. The van der Waals surface area contributed by atoms with Crippen molar-refractivity contribution >= 4 is 11.8 Å². The zero-order chi connectivity index (χ0) is 15.8. The number of carbonyl (C=O) groups excluding carboxylic acids is 2. The van der Waals surface area contributed by atoms with Crippen molar-refractivity contribution in [3.63, 3.8) is 0 Å². The highest BCUT2D eigenvalue weighted by atomic mass is 16.5. The van der Waals surface area contributed by atoms with E-state index in [1.807, 2.05) is 24.3 Å². The lowest BCUT2D eigenvalue weighted by molar-refractivity contribution is -0.126. The first-order valence-corrected chi connectivity index (χ1v) is 7.50. The largest absolute Gasteiger partial charge is 0.497 e. The second kappa shape index (κ2) is 8.22. The Kier molecular flexibility index (Phi) is 6.01. The van der Waals surface area contributed by atoms with Crippen LogP contribution in [0.2, 0.25) is 0 Å². The predicted molar refractivity (Wildman–Crippen MR) is 84.3 cm³/mol. The van der Waals surface area contributed by atoms with E-state index < -0.39 is 0 Å². The van der Waals surface area contributed by atoms with Crippen molar-refractivity contribution in [2.75, 3.05) is 13.7 Å². The van der Waals surface area contributed by atoms with Crippen LogP contribution in [0.4, 0.5) is 0 Å². The Bertz CT molecular complexity index is 537. The average molecular weight is 302 g/mol. The molecule has 1 aliphatic rings. The monoisotopic (exact) mass is 302 g/mol. The topological polar surface area (TPSA) is 67.4 Å². The van der Waals surface area contributed by atoms with Crippen LogP contribution in [0.25, 0.3) is 0 Å². The van der Waals surface area contributed by atoms with E-state index >= 15 is 0 Å². The van der Waals surface area contributed by atoms with Crippen molar-refractivity contribution in [1.82, 2.24) is 10.6 Å². The van der Waals surface area contributed by atoms with Gasteiger partial charge in [0.05, 0.1) is 13.7 Å². The van der Waals surface area contributed by atoms with Crippen molar-refractivity contribution in [3.8, 4) is 5.75 Å². The Balaban J connectivity index is 1.64. The molecule has 22 heavy (non-hydrogen) atoms. The van der Waals surface area contributed by atoms with Crippen LogP contribution >= 0.6 is 0 Å². The second-order valence-corrected chi connectivity index (χ2v) is 5.37. The van der Waals surface area contributed by atoms with E-state index in [1.165, 1.54) is 0 Å². The number of amides is 2. The van der Waals surface area contributed by atoms with Crippen LogP contribution in [-0.2, 0) is 16.1 Å². The minimum atomic E-state index is -0.189. The first-order valence-electron chi connectivity index (χ1n) is 7.50. The summed E-state index contributed by atoms with van der Waals surface area (Å²) in [5.41, 5.74) is 0.983. The van der Waals surface area contributed by atoms with Crippen molar-refractivity contribution in [2.24, 2.45) is 5.92 Å². The van der Waals surface area contributed by atoms with Gasteiger partial charge in [0.15, 0.2) is 0 Å². The molecule has 0 aromatic heterocycles. The minimum Gasteiger partial charge on any atom is -0.497 e. The Morgan fingerprint density at radius 2 is 1.95 bits per heavy atom. The average Bonchev–Trinajstić information content (AvgIpc) is 3.04. The molecule has 1 aromatic rings. The highest BCUT2D eigenvalue weighted by Gasteiger charge is 2.14. The van der Waals surface area contributed by atoms with Crippen LogP contribution in [0.1, 0.15) is 24.8 Å². The molecule has 1 aliphatic carbocycles. The third-order valence-electron chi connectivity index (χ3n) is 3.65. The fourth-order valence-corrected chi connectivity index (χ4v) is 2.36. The second-order valence-electron chi connectivity index (χ2n) is 5.37. The first kappa shape index (κ1) is 16.1. The SMILES string of the molecule is COc1ccc(CNC(=O)CNC(=O)C[C@H]2C=CCC2)cc1. The van der Waals surface area contributed by atoms with Gasteiger partial charge < -0.3 is 15.4 Å². The summed E-state index contributed by atoms with van der Waals surface area (Å²) >= 11 is 0. The molecular weight excluding hydrogens is 280 g/mol. The van der Waals surface area contributed by atoms with E-state index in [2.05, 4.69) is 22.8 Å². The summed E-state index contributed by atoms with van der Waals surface area (Å²) in [6.45, 7) is 0.454. The molecule has 5 heteroatoms. The van der Waals surface area contributed by atoms with Gasteiger partial charge in [0.2, 0.25) is 11.8 Å². The number of allylic oxidation sites excluding steroid dienone is 2. The van der Waals surface area contributed by atoms with Gasteiger partial charge in [-0.25, -0.2) is 0 Å². The van der Waals surface area contributed by atoms with Gasteiger partial charge in [-0.05, 0) is 36.5 Å². The van der Waals surface area contributed by atoms with Crippen LogP contribution in [-0.4, -0.2) is 25.5 Å². The van der Waals surface area contributed by atoms with E-state index in [0.29, 0.717) is 18.9 Å². The number of hydrogen-bond acceptors (Lipinski definition) is 3. The number of methoxy groups -OCH3 is 1. The lowest BCUT2D eigenvalue weighted by Crippen LogP contribution is -2.37. The molecule has 5 nitrogen and oxygen atoms in total. The fourth-order valence-electron chi connectivity index (χ4n) is 2.36. The maximum Gasteiger partial charge on any atom is 0.239 e. The molecule has 0 bridgehead atoms. The molecule has 118 valence electrons. The van der Waals surface area contributed by atoms with Gasteiger partial charge >= 0.3 is 0 Å². The molecule has 2 N–H and O–H groups in total. The van der Waals surface area contributed by atoms with Crippen LogP contribution in [0, 0.1) is 5.92 Å². The maximum atomic E-state index is 11.7. The summed E-state index contributed by atoms with van der Waals surface area (Å²) in [6.07, 6.45) is 6.70. The first-order chi connectivity index (χ1) is 10.7. The number of hydrogen-bond donors (Lipinski definition) is 2. The number of rotatable bonds is 7. The smallest absolute Gasteiger partial charge is 0.239 e. The molecule has 1 atom stereocenters. The Morgan fingerprint density at radius 1 is 1.18 bits per heavy atom. The van der Waals surface area contributed by atoms with Gasteiger partial charge in [0.1, 0.15) is 5.75 Å². The third kappa shape index (κ3) is 5.24. The summed E-state index contributed by atoms with van der Waals surface area (Å²) in [5, 5.41) is 5.44. The zero-order valence-electron chi connectivity index (χ0n) is 12.8. The maximum absolute atomic E-state index is 11.7. The molecule has 0 fully saturated rings. The van der Waals surface area contributed by atoms with E-state index in [9.17, 15) is 9.59 Å². The molecule has 0 unspecified atom stereocenters. The quantitative estimate of drug-likeness (QED) is 0.755. The third-order valence-corrected chi connectivity index (χ3v) is 3.65. The molecule has 0 saturated heterocycles. The Labute approximate surface area is 130 Å². The summed E-state index contributed by atoms with van der Waals surface area (Å²) in [4.78, 5) is 23.4. The highest BCUT2D eigenvalue weighted by molar-refractivity contribution is 5.84. The molecule has 2 rings (SSSR count). The van der Waals surface area contributed by atoms with E-state index in [4.69, 9.17) is 4.74 Å². The number of ether oxygens (including phenoxy) is 1. The van der Waals surface area contributed by atoms with Crippen LogP contribution in [0.3, 0.4) is 0 Å². The van der Waals surface area contributed by atoms with Gasteiger partial charge in [-0.2, -0.15) is 0 Å². The predicted octanol–water partition coefficient (Wildman–Crippen LogP) is 1.78. The number of carbonyl (C=O) groups is 2. The van der Waals surface area contributed by atoms with Gasteiger partial charge in [-0.3, -0.25) is 9.59 Å². The van der Waals surface area contributed by atoms with Crippen LogP contribution < -0.4 is 15.4 Å². The molecule has 0 saturated carbocycles. The number of benzene rings is 1. The molecule has 2 amide bonds. The highest BCUT2D eigenvalue weighted by Crippen LogP contribution is 2.19. The van der Waals surface area contributed by atoms with Crippen molar-refractivity contribution in [2.45, 2.75) is 25.8 Å². The molecule has 0 radical (unpaired) electrons. The normalized spacial score (nSPS) is 16.3. The fraction of sp³-hybridized carbons (Fsp3) is 0.412. The Hall–Kier alpha value is -2.30. The van der Waals surface area contributed by atoms with E-state index in [0.717, 1.165) is 24.2 Å².